The van der Waals surface area contributed by atoms with Gasteiger partial charge in [-0.15, -0.1) is 22.7 Å². The third-order valence-electron chi connectivity index (χ3n) is 4.35. The maximum absolute atomic E-state index is 12.4. The number of carbonyl (C=O) groups excluding carboxylic acids is 1. The highest BCUT2D eigenvalue weighted by Gasteiger charge is 2.15. The highest BCUT2D eigenvalue weighted by molar-refractivity contribution is 7.13. The molecule has 0 atom stereocenters. The molecule has 2 heterocycles. The fourth-order valence-corrected chi connectivity index (χ4v) is 4.47. The number of methoxy groups -OCH3 is 1. The summed E-state index contributed by atoms with van der Waals surface area (Å²) in [5.74, 6) is 0.883. The number of nitrogens with zero attached hydrogens (tertiary/aromatic N) is 2. The van der Waals surface area contributed by atoms with Crippen LogP contribution in [0.3, 0.4) is 0 Å². The van der Waals surface area contributed by atoms with E-state index in [2.05, 4.69) is 9.97 Å². The van der Waals surface area contributed by atoms with Crippen molar-refractivity contribution in [1.82, 2.24) is 9.97 Å². The monoisotopic (exact) mass is 452 g/mol. The Morgan fingerprint density at radius 1 is 0.935 bits per heavy atom. The quantitative estimate of drug-likeness (QED) is 0.320. The first-order chi connectivity index (χ1) is 15.2. The van der Waals surface area contributed by atoms with E-state index in [0.29, 0.717) is 29.5 Å². The van der Waals surface area contributed by atoms with Crippen LogP contribution in [0.1, 0.15) is 23.1 Å². The molecule has 0 aliphatic heterocycles. The van der Waals surface area contributed by atoms with E-state index >= 15 is 0 Å². The van der Waals surface area contributed by atoms with Crippen LogP contribution >= 0.6 is 22.7 Å². The summed E-state index contributed by atoms with van der Waals surface area (Å²) in [6.45, 7) is 2.58. The summed E-state index contributed by atoms with van der Waals surface area (Å²) in [4.78, 5) is 21.4. The number of carbonyl (C=O) groups is 1. The van der Waals surface area contributed by atoms with E-state index in [1.807, 2.05) is 60.8 Å². The molecule has 0 amide bonds. The fourth-order valence-electron chi connectivity index (χ4n) is 2.88. The van der Waals surface area contributed by atoms with E-state index in [-0.39, 0.29) is 6.61 Å². The molecule has 8 heteroatoms. The maximum atomic E-state index is 12.4. The minimum atomic E-state index is -0.462. The van der Waals surface area contributed by atoms with Gasteiger partial charge in [0.1, 0.15) is 16.6 Å². The highest BCUT2D eigenvalue weighted by Crippen LogP contribution is 2.34. The van der Waals surface area contributed by atoms with E-state index in [9.17, 15) is 4.79 Å². The second-order valence-electron chi connectivity index (χ2n) is 6.42. The number of hydrogen-bond donors (Lipinski definition) is 0. The zero-order chi connectivity index (χ0) is 21.6. The molecule has 2 aromatic heterocycles. The Bertz CT molecular complexity index is 1170. The van der Waals surface area contributed by atoms with Gasteiger partial charge in [-0.25, -0.2) is 14.8 Å². The van der Waals surface area contributed by atoms with Crippen LogP contribution in [-0.2, 0) is 11.3 Å². The molecule has 4 aromatic rings. The normalized spacial score (nSPS) is 10.6. The van der Waals surface area contributed by atoms with Crippen LogP contribution in [0.4, 0.5) is 0 Å². The number of aromatic nitrogens is 2. The Balaban J connectivity index is 1.41. The second kappa shape index (κ2) is 9.72. The Morgan fingerprint density at radius 3 is 2.48 bits per heavy atom. The van der Waals surface area contributed by atoms with E-state index < -0.39 is 5.97 Å². The summed E-state index contributed by atoms with van der Waals surface area (Å²) < 4.78 is 16.4. The predicted molar refractivity (Wildman–Crippen MR) is 122 cm³/mol. The third-order valence-corrected chi connectivity index (χ3v) is 6.18. The Hall–Kier alpha value is -3.23. The molecule has 0 saturated heterocycles. The van der Waals surface area contributed by atoms with Crippen molar-refractivity contribution in [2.75, 3.05) is 13.7 Å². The van der Waals surface area contributed by atoms with Gasteiger partial charge in [-0.1, -0.05) is 30.3 Å². The van der Waals surface area contributed by atoms with Gasteiger partial charge in [-0.3, -0.25) is 0 Å². The lowest BCUT2D eigenvalue weighted by Crippen LogP contribution is -2.05. The highest BCUT2D eigenvalue weighted by atomic mass is 32.1. The summed E-state index contributed by atoms with van der Waals surface area (Å²) in [5, 5.41) is 5.19. The van der Waals surface area contributed by atoms with E-state index in [1.165, 1.54) is 22.7 Å². The van der Waals surface area contributed by atoms with Crippen molar-refractivity contribution in [2.45, 2.75) is 13.5 Å². The first-order valence-electron chi connectivity index (χ1n) is 9.61. The number of thiazole rings is 2. The van der Waals surface area contributed by atoms with Crippen molar-refractivity contribution in [2.24, 2.45) is 0 Å². The lowest BCUT2D eigenvalue weighted by molar-refractivity contribution is 0.0462. The van der Waals surface area contributed by atoms with Gasteiger partial charge >= 0.3 is 5.97 Å². The molecule has 0 radical (unpaired) electrons. The molecule has 0 saturated carbocycles. The number of ether oxygens (including phenoxy) is 3. The van der Waals surface area contributed by atoms with Gasteiger partial charge in [-0.2, -0.15) is 0 Å². The Labute approximate surface area is 188 Å². The first kappa shape index (κ1) is 21.0. The molecular weight excluding hydrogens is 432 g/mol. The van der Waals surface area contributed by atoms with Crippen LogP contribution in [0.5, 0.6) is 11.5 Å². The predicted octanol–water partition coefficient (Wildman–Crippen LogP) is 5.70. The van der Waals surface area contributed by atoms with Crippen LogP contribution in [0.25, 0.3) is 21.1 Å². The standard InChI is InChI=1S/C23H20N2O4S2/c1-3-28-19-10-9-16(11-20(19)27-2)22-24-17(13-30-22)12-29-23(26)18-14-31-21(25-18)15-7-5-4-6-8-15/h4-11,13-14H,3,12H2,1-2H3. The molecule has 4 rings (SSSR count). The summed E-state index contributed by atoms with van der Waals surface area (Å²) in [5.41, 5.74) is 2.87. The summed E-state index contributed by atoms with van der Waals surface area (Å²) in [6.07, 6.45) is 0. The largest absolute Gasteiger partial charge is 0.493 e. The van der Waals surface area contributed by atoms with Gasteiger partial charge in [0, 0.05) is 21.9 Å². The van der Waals surface area contributed by atoms with E-state index in [4.69, 9.17) is 14.2 Å². The lowest BCUT2D eigenvalue weighted by atomic mass is 10.2. The Kier molecular flexibility index (Phi) is 6.59. The molecule has 0 unspecified atom stereocenters. The number of benzene rings is 2. The molecule has 0 bridgehead atoms. The third kappa shape index (κ3) is 4.92. The topological polar surface area (TPSA) is 70.5 Å². The van der Waals surface area contributed by atoms with Crippen LogP contribution in [0.2, 0.25) is 0 Å². The van der Waals surface area contributed by atoms with Crippen LogP contribution < -0.4 is 9.47 Å². The van der Waals surface area contributed by atoms with Crippen LogP contribution in [0.15, 0.2) is 59.3 Å². The summed E-state index contributed by atoms with van der Waals surface area (Å²) in [7, 11) is 1.61. The molecule has 0 fully saturated rings. The van der Waals surface area contributed by atoms with Gasteiger partial charge in [-0.05, 0) is 25.1 Å². The lowest BCUT2D eigenvalue weighted by Gasteiger charge is -2.09. The minimum absolute atomic E-state index is 0.0850. The number of esters is 1. The smallest absolute Gasteiger partial charge is 0.358 e. The first-order valence-corrected chi connectivity index (χ1v) is 11.4. The van der Waals surface area contributed by atoms with Gasteiger partial charge < -0.3 is 14.2 Å². The van der Waals surface area contributed by atoms with Gasteiger partial charge in [0.25, 0.3) is 0 Å². The summed E-state index contributed by atoms with van der Waals surface area (Å²) >= 11 is 2.89. The molecular formula is C23H20N2O4S2. The molecule has 158 valence electrons. The van der Waals surface area contributed by atoms with Gasteiger partial charge in [0.2, 0.25) is 0 Å². The number of hydrogen-bond acceptors (Lipinski definition) is 8. The molecule has 6 nitrogen and oxygen atoms in total. The molecule has 0 N–H and O–H groups in total. The van der Waals surface area contributed by atoms with Crippen molar-refractivity contribution in [3.05, 3.63) is 70.7 Å². The number of rotatable bonds is 8. The molecule has 0 aliphatic rings. The molecule has 31 heavy (non-hydrogen) atoms. The van der Waals surface area contributed by atoms with Crippen LogP contribution in [0, 0.1) is 0 Å². The average Bonchev–Trinajstić information content (AvgIpc) is 3.49. The average molecular weight is 453 g/mol. The SMILES string of the molecule is CCOc1ccc(-c2nc(COC(=O)c3csc(-c4ccccc4)n3)cs2)cc1OC. The molecule has 0 aliphatic carbocycles. The fraction of sp³-hybridized carbons (Fsp3) is 0.174. The molecule has 2 aromatic carbocycles. The van der Waals surface area contributed by atoms with Crippen LogP contribution in [-0.4, -0.2) is 29.7 Å². The molecule has 0 spiro atoms. The second-order valence-corrected chi connectivity index (χ2v) is 8.14. The minimum Gasteiger partial charge on any atom is -0.493 e. The van der Waals surface area contributed by atoms with E-state index in [0.717, 1.165) is 21.1 Å². The zero-order valence-corrected chi connectivity index (χ0v) is 18.7. The van der Waals surface area contributed by atoms with Crippen molar-refractivity contribution < 1.29 is 19.0 Å². The van der Waals surface area contributed by atoms with Crippen molar-refractivity contribution >= 4 is 28.6 Å². The maximum Gasteiger partial charge on any atom is 0.358 e. The van der Waals surface area contributed by atoms with Gasteiger partial charge in [0.05, 0.1) is 19.4 Å². The zero-order valence-electron chi connectivity index (χ0n) is 17.0. The summed E-state index contributed by atoms with van der Waals surface area (Å²) in [6, 6.07) is 15.4. The van der Waals surface area contributed by atoms with Crippen molar-refractivity contribution in [1.29, 1.82) is 0 Å². The van der Waals surface area contributed by atoms with Gasteiger partial charge in [0.15, 0.2) is 17.2 Å². The van der Waals surface area contributed by atoms with Crippen molar-refractivity contribution in [3.63, 3.8) is 0 Å². The Morgan fingerprint density at radius 2 is 1.71 bits per heavy atom. The van der Waals surface area contributed by atoms with E-state index in [1.54, 1.807) is 12.5 Å². The van der Waals surface area contributed by atoms with Crippen molar-refractivity contribution in [3.8, 4) is 32.6 Å².